The number of hydrogen-bond acceptors (Lipinski definition) is 3. The predicted molar refractivity (Wildman–Crippen MR) is 74.8 cm³/mol. The van der Waals surface area contributed by atoms with E-state index in [4.69, 9.17) is 0 Å². The second-order valence-electron chi connectivity index (χ2n) is 4.75. The minimum Gasteiger partial charge on any atom is -0.262 e. The molecule has 1 aromatic carbocycles. The summed E-state index contributed by atoms with van der Waals surface area (Å²) in [6, 6.07) is 8.41. The van der Waals surface area contributed by atoms with Crippen LogP contribution in [0.4, 0.5) is 0 Å². The fourth-order valence-corrected chi connectivity index (χ4v) is 2.93. The van der Waals surface area contributed by atoms with Crippen molar-refractivity contribution in [2.45, 2.75) is 36.5 Å². The third-order valence-electron chi connectivity index (χ3n) is 3.59. The monoisotopic (exact) mass is 259 g/mol. The second-order valence-corrected chi connectivity index (χ2v) is 5.63. The third kappa shape index (κ3) is 2.29. The Morgan fingerprint density at radius 3 is 2.56 bits per heavy atom. The molecule has 2 aromatic rings. The van der Waals surface area contributed by atoms with E-state index >= 15 is 0 Å². The number of rotatable bonds is 3. The molecule has 94 valence electrons. The van der Waals surface area contributed by atoms with Crippen LogP contribution in [-0.2, 0) is 0 Å². The van der Waals surface area contributed by atoms with Crippen LogP contribution in [0.5, 0.6) is 0 Å². The van der Waals surface area contributed by atoms with Gasteiger partial charge in [-0.1, -0.05) is 25.0 Å². The Bertz CT molecular complexity index is 512. The van der Waals surface area contributed by atoms with Gasteiger partial charge in [-0.25, -0.2) is 4.98 Å². The van der Waals surface area contributed by atoms with E-state index in [1.165, 1.54) is 30.6 Å². The molecular weight excluding hydrogens is 242 g/mol. The molecule has 3 rings (SSSR count). The molecule has 0 unspecified atom stereocenters. The van der Waals surface area contributed by atoms with Crippen molar-refractivity contribution in [3.8, 4) is 11.4 Å². The van der Waals surface area contributed by atoms with Gasteiger partial charge < -0.3 is 0 Å². The van der Waals surface area contributed by atoms with Gasteiger partial charge in [0.15, 0.2) is 5.82 Å². The first-order chi connectivity index (χ1) is 8.86. The molecule has 3 nitrogen and oxygen atoms in total. The Hall–Kier alpha value is -1.29. The molecule has 1 heterocycles. The van der Waals surface area contributed by atoms with Crippen LogP contribution in [0.2, 0.25) is 0 Å². The second kappa shape index (κ2) is 5.14. The van der Waals surface area contributed by atoms with Crippen molar-refractivity contribution in [1.82, 2.24) is 15.2 Å². The normalized spacial score (nSPS) is 16.3. The van der Waals surface area contributed by atoms with Gasteiger partial charge in [0.25, 0.3) is 0 Å². The highest BCUT2D eigenvalue weighted by molar-refractivity contribution is 7.98. The summed E-state index contributed by atoms with van der Waals surface area (Å²) in [4.78, 5) is 5.91. The molecule has 0 saturated heterocycles. The van der Waals surface area contributed by atoms with Crippen LogP contribution in [-0.4, -0.2) is 21.4 Å². The van der Waals surface area contributed by atoms with Crippen LogP contribution in [0.25, 0.3) is 11.4 Å². The maximum atomic E-state index is 4.64. The molecule has 0 atom stereocenters. The van der Waals surface area contributed by atoms with Crippen molar-refractivity contribution < 1.29 is 0 Å². The zero-order valence-corrected chi connectivity index (χ0v) is 11.3. The lowest BCUT2D eigenvalue weighted by molar-refractivity contribution is 0.672. The van der Waals surface area contributed by atoms with Crippen molar-refractivity contribution >= 4 is 11.8 Å². The van der Waals surface area contributed by atoms with Crippen LogP contribution in [0.15, 0.2) is 29.2 Å². The molecule has 4 heteroatoms. The lowest BCUT2D eigenvalue weighted by Gasteiger charge is -2.02. The number of benzene rings is 1. The van der Waals surface area contributed by atoms with Gasteiger partial charge in [0.05, 0.1) is 0 Å². The lowest BCUT2D eigenvalue weighted by atomic mass is 10.1. The molecule has 1 fully saturated rings. The zero-order valence-electron chi connectivity index (χ0n) is 10.5. The van der Waals surface area contributed by atoms with Gasteiger partial charge in [-0.05, 0) is 31.2 Å². The van der Waals surface area contributed by atoms with Gasteiger partial charge in [0, 0.05) is 16.4 Å². The standard InChI is InChI=1S/C14H17N3S/c1-18-12-8-6-11(7-9-12)14-15-13(16-17-14)10-4-2-3-5-10/h6-10H,2-5H2,1H3,(H,15,16,17). The minimum absolute atomic E-state index is 0.594. The summed E-state index contributed by atoms with van der Waals surface area (Å²) in [5.74, 6) is 2.48. The molecule has 0 aliphatic heterocycles. The van der Waals surface area contributed by atoms with Crippen molar-refractivity contribution in [3.05, 3.63) is 30.1 Å². The predicted octanol–water partition coefficient (Wildman–Crippen LogP) is 3.85. The Labute approximate surface area is 111 Å². The fraction of sp³-hybridized carbons (Fsp3) is 0.429. The summed E-state index contributed by atoms with van der Waals surface area (Å²) in [5, 5.41) is 7.45. The highest BCUT2D eigenvalue weighted by atomic mass is 32.2. The maximum absolute atomic E-state index is 4.64. The van der Waals surface area contributed by atoms with E-state index in [1.54, 1.807) is 11.8 Å². The van der Waals surface area contributed by atoms with Crippen molar-refractivity contribution in [3.63, 3.8) is 0 Å². The summed E-state index contributed by atoms with van der Waals surface area (Å²) >= 11 is 1.75. The average molecular weight is 259 g/mol. The molecule has 1 aliphatic carbocycles. The number of H-pyrrole nitrogens is 1. The van der Waals surface area contributed by atoms with Gasteiger partial charge >= 0.3 is 0 Å². The SMILES string of the molecule is CSc1ccc(-c2n[nH]c(C3CCCC3)n2)cc1. The van der Waals surface area contributed by atoms with Crippen LogP contribution in [0, 0.1) is 0 Å². The van der Waals surface area contributed by atoms with Gasteiger partial charge in [-0.2, -0.15) is 5.10 Å². The minimum atomic E-state index is 0.594. The highest BCUT2D eigenvalue weighted by Crippen LogP contribution is 2.32. The molecule has 18 heavy (non-hydrogen) atoms. The number of aromatic amines is 1. The van der Waals surface area contributed by atoms with Crippen LogP contribution >= 0.6 is 11.8 Å². The van der Waals surface area contributed by atoms with E-state index in [1.807, 2.05) is 0 Å². The largest absolute Gasteiger partial charge is 0.262 e. The van der Waals surface area contributed by atoms with E-state index in [9.17, 15) is 0 Å². The summed E-state index contributed by atoms with van der Waals surface area (Å²) < 4.78 is 0. The molecule has 0 bridgehead atoms. The van der Waals surface area contributed by atoms with E-state index in [2.05, 4.69) is 45.7 Å². The van der Waals surface area contributed by atoms with E-state index < -0.39 is 0 Å². The molecule has 0 spiro atoms. The quantitative estimate of drug-likeness (QED) is 0.851. The van der Waals surface area contributed by atoms with Crippen molar-refractivity contribution in [2.24, 2.45) is 0 Å². The van der Waals surface area contributed by atoms with Crippen LogP contribution in [0.1, 0.15) is 37.4 Å². The summed E-state index contributed by atoms with van der Waals surface area (Å²) in [7, 11) is 0. The maximum Gasteiger partial charge on any atom is 0.181 e. The summed E-state index contributed by atoms with van der Waals surface area (Å²) in [6.45, 7) is 0. The summed E-state index contributed by atoms with van der Waals surface area (Å²) in [6.07, 6.45) is 7.23. The van der Waals surface area contributed by atoms with Crippen molar-refractivity contribution in [2.75, 3.05) is 6.26 Å². The van der Waals surface area contributed by atoms with Crippen LogP contribution in [0.3, 0.4) is 0 Å². The topological polar surface area (TPSA) is 41.6 Å². The lowest BCUT2D eigenvalue weighted by Crippen LogP contribution is -1.94. The van der Waals surface area contributed by atoms with E-state index in [0.29, 0.717) is 5.92 Å². The molecule has 1 N–H and O–H groups in total. The fourth-order valence-electron chi connectivity index (χ4n) is 2.53. The summed E-state index contributed by atoms with van der Waals surface area (Å²) in [5.41, 5.74) is 1.09. The van der Waals surface area contributed by atoms with Gasteiger partial charge in [0.1, 0.15) is 5.82 Å². The first-order valence-electron chi connectivity index (χ1n) is 6.43. The number of nitrogens with zero attached hydrogens (tertiary/aromatic N) is 2. The highest BCUT2D eigenvalue weighted by Gasteiger charge is 2.20. The number of hydrogen-bond donors (Lipinski definition) is 1. The molecule has 1 aromatic heterocycles. The first-order valence-corrected chi connectivity index (χ1v) is 7.66. The third-order valence-corrected chi connectivity index (χ3v) is 4.34. The first kappa shape index (κ1) is 11.8. The average Bonchev–Trinajstić information content (AvgIpc) is 3.09. The Morgan fingerprint density at radius 1 is 1.17 bits per heavy atom. The number of thioether (sulfide) groups is 1. The molecule has 0 radical (unpaired) electrons. The molecule has 0 amide bonds. The smallest absolute Gasteiger partial charge is 0.181 e. The van der Waals surface area contributed by atoms with E-state index in [0.717, 1.165) is 17.2 Å². The van der Waals surface area contributed by atoms with Gasteiger partial charge in [0.2, 0.25) is 0 Å². The van der Waals surface area contributed by atoms with Gasteiger partial charge in [-0.3, -0.25) is 5.10 Å². The molecule has 1 aliphatic rings. The van der Waals surface area contributed by atoms with Gasteiger partial charge in [-0.15, -0.1) is 11.8 Å². The van der Waals surface area contributed by atoms with E-state index in [-0.39, 0.29) is 0 Å². The molecule has 1 saturated carbocycles. The molecular formula is C14H17N3S. The Balaban J connectivity index is 1.82. The number of nitrogens with one attached hydrogen (secondary N) is 1. The Kier molecular flexibility index (Phi) is 3.37. The van der Waals surface area contributed by atoms with Crippen molar-refractivity contribution in [1.29, 1.82) is 0 Å². The Morgan fingerprint density at radius 2 is 1.89 bits per heavy atom. The van der Waals surface area contributed by atoms with Crippen LogP contribution < -0.4 is 0 Å². The number of aromatic nitrogens is 3. The zero-order chi connectivity index (χ0) is 12.4.